The summed E-state index contributed by atoms with van der Waals surface area (Å²) < 4.78 is 5.20. The highest BCUT2D eigenvalue weighted by atomic mass is 16.5. The summed E-state index contributed by atoms with van der Waals surface area (Å²) in [6.45, 7) is 2.97. The van der Waals surface area contributed by atoms with Crippen molar-refractivity contribution in [3.8, 4) is 5.75 Å². The Bertz CT molecular complexity index is 768. The number of anilines is 2. The second-order valence-corrected chi connectivity index (χ2v) is 6.66. The van der Waals surface area contributed by atoms with Crippen molar-refractivity contribution in [1.82, 2.24) is 14.9 Å². The Labute approximate surface area is 153 Å². The lowest BCUT2D eigenvalue weighted by molar-refractivity contribution is 0.0741. The minimum absolute atomic E-state index is 0.0272. The van der Waals surface area contributed by atoms with Gasteiger partial charge in [-0.1, -0.05) is 0 Å². The van der Waals surface area contributed by atoms with E-state index in [2.05, 4.69) is 32.3 Å². The highest BCUT2D eigenvalue weighted by molar-refractivity contribution is 5.92. The van der Waals surface area contributed by atoms with Gasteiger partial charge in [0.15, 0.2) is 0 Å². The summed E-state index contributed by atoms with van der Waals surface area (Å²) in [5, 5.41) is 3.24. The number of rotatable bonds is 5. The van der Waals surface area contributed by atoms with Crippen molar-refractivity contribution in [2.24, 2.45) is 0 Å². The largest absolute Gasteiger partial charge is 0.497 e. The fraction of sp³-hybridized carbons (Fsp3) is 0.421. The van der Waals surface area contributed by atoms with Gasteiger partial charge in [0.2, 0.25) is 5.95 Å². The van der Waals surface area contributed by atoms with E-state index < -0.39 is 0 Å². The number of amides is 1. The van der Waals surface area contributed by atoms with E-state index >= 15 is 0 Å². The molecule has 0 bridgehead atoms. The van der Waals surface area contributed by atoms with Crippen LogP contribution in [0, 0.1) is 0 Å². The quantitative estimate of drug-likeness (QED) is 0.887. The molecule has 1 N–H and O–H groups in total. The lowest BCUT2D eigenvalue weighted by Gasteiger charge is -2.36. The van der Waals surface area contributed by atoms with Gasteiger partial charge in [0.05, 0.1) is 7.11 Å². The molecule has 1 aliphatic carbocycles. The highest BCUT2D eigenvalue weighted by Crippen LogP contribution is 2.23. The summed E-state index contributed by atoms with van der Waals surface area (Å²) in [6, 6.07) is 10.2. The van der Waals surface area contributed by atoms with Gasteiger partial charge in [-0.2, -0.15) is 0 Å². The van der Waals surface area contributed by atoms with Crippen LogP contribution in [0.4, 0.5) is 11.6 Å². The van der Waals surface area contributed by atoms with Crippen LogP contribution in [0.5, 0.6) is 5.75 Å². The third-order valence-corrected chi connectivity index (χ3v) is 4.79. The summed E-state index contributed by atoms with van der Waals surface area (Å²) in [5.74, 6) is 1.37. The molecular formula is C19H23N5O2. The van der Waals surface area contributed by atoms with Crippen molar-refractivity contribution in [2.45, 2.75) is 18.9 Å². The zero-order valence-corrected chi connectivity index (χ0v) is 14.9. The number of hydrogen-bond acceptors (Lipinski definition) is 6. The molecule has 0 spiro atoms. The maximum absolute atomic E-state index is 12.8. The van der Waals surface area contributed by atoms with Gasteiger partial charge in [-0.25, -0.2) is 9.97 Å². The Hall–Kier alpha value is -2.83. The van der Waals surface area contributed by atoms with Crippen LogP contribution in [0.3, 0.4) is 0 Å². The first-order valence-electron chi connectivity index (χ1n) is 9.01. The number of methoxy groups -OCH3 is 1. The van der Waals surface area contributed by atoms with E-state index in [1.54, 1.807) is 19.4 Å². The van der Waals surface area contributed by atoms with Crippen LogP contribution in [0.2, 0.25) is 0 Å². The molecule has 26 heavy (non-hydrogen) atoms. The van der Waals surface area contributed by atoms with Crippen molar-refractivity contribution in [3.05, 3.63) is 42.2 Å². The first kappa shape index (κ1) is 16.6. The Morgan fingerprint density at radius 2 is 1.85 bits per heavy atom. The van der Waals surface area contributed by atoms with Crippen molar-refractivity contribution in [3.63, 3.8) is 0 Å². The molecular weight excluding hydrogens is 330 g/mol. The Kier molecular flexibility index (Phi) is 4.60. The lowest BCUT2D eigenvalue weighted by Crippen LogP contribution is -2.49. The van der Waals surface area contributed by atoms with Crippen LogP contribution in [-0.2, 0) is 0 Å². The van der Waals surface area contributed by atoms with Crippen LogP contribution < -0.4 is 15.0 Å². The van der Waals surface area contributed by atoms with Crippen LogP contribution in [0.25, 0.3) is 0 Å². The number of benzene rings is 1. The first-order chi connectivity index (χ1) is 12.7. The topological polar surface area (TPSA) is 70.6 Å². The molecule has 136 valence electrons. The fourth-order valence-corrected chi connectivity index (χ4v) is 3.08. The molecule has 1 saturated heterocycles. The summed E-state index contributed by atoms with van der Waals surface area (Å²) in [7, 11) is 1.66. The number of carbonyl (C=O) groups excluding carboxylic acids is 1. The number of nitrogens with one attached hydrogen (secondary N) is 1. The molecule has 0 unspecified atom stereocenters. The smallest absolute Gasteiger partial charge is 0.272 e. The molecule has 2 fully saturated rings. The molecule has 4 rings (SSSR count). The zero-order chi connectivity index (χ0) is 17.9. The standard InChI is InChI=1S/C19H23N5O2/c1-26-16-6-4-15(5-7-16)23-10-12-24(13-11-23)18(25)17-8-9-20-19(22-17)21-14-2-3-14/h4-9,14H,2-3,10-13H2,1H3,(H,20,21,22). The van der Waals surface area contributed by atoms with Crippen molar-refractivity contribution >= 4 is 17.5 Å². The fourth-order valence-electron chi connectivity index (χ4n) is 3.08. The summed E-state index contributed by atoms with van der Waals surface area (Å²) in [4.78, 5) is 25.5. The van der Waals surface area contributed by atoms with Gasteiger partial charge in [0.25, 0.3) is 5.91 Å². The van der Waals surface area contributed by atoms with Crippen molar-refractivity contribution in [1.29, 1.82) is 0 Å². The minimum Gasteiger partial charge on any atom is -0.497 e. The first-order valence-corrected chi connectivity index (χ1v) is 9.01. The average molecular weight is 353 g/mol. The Morgan fingerprint density at radius 1 is 1.12 bits per heavy atom. The van der Waals surface area contributed by atoms with Crippen LogP contribution >= 0.6 is 0 Å². The van der Waals surface area contributed by atoms with E-state index in [1.807, 2.05) is 17.0 Å². The number of nitrogens with zero attached hydrogens (tertiary/aromatic N) is 4. The van der Waals surface area contributed by atoms with E-state index in [9.17, 15) is 4.79 Å². The molecule has 0 atom stereocenters. The summed E-state index contributed by atoms with van der Waals surface area (Å²) in [6.07, 6.45) is 3.95. The number of ether oxygens (including phenoxy) is 1. The van der Waals surface area contributed by atoms with Gasteiger partial charge >= 0.3 is 0 Å². The van der Waals surface area contributed by atoms with Crippen molar-refractivity contribution in [2.75, 3.05) is 43.5 Å². The second-order valence-electron chi connectivity index (χ2n) is 6.66. The molecule has 1 saturated carbocycles. The summed E-state index contributed by atoms with van der Waals surface area (Å²) in [5.41, 5.74) is 1.61. The molecule has 7 nitrogen and oxygen atoms in total. The molecule has 2 aliphatic rings. The van der Waals surface area contributed by atoms with Crippen LogP contribution in [-0.4, -0.2) is 60.1 Å². The molecule has 1 aromatic heterocycles. The zero-order valence-electron chi connectivity index (χ0n) is 14.9. The van der Waals surface area contributed by atoms with Gasteiger partial charge in [0.1, 0.15) is 11.4 Å². The maximum atomic E-state index is 12.8. The number of hydrogen-bond donors (Lipinski definition) is 1. The lowest BCUT2D eigenvalue weighted by atomic mass is 10.2. The molecule has 7 heteroatoms. The van der Waals surface area contributed by atoms with E-state index in [0.29, 0.717) is 30.8 Å². The highest BCUT2D eigenvalue weighted by Gasteiger charge is 2.25. The van der Waals surface area contributed by atoms with E-state index in [0.717, 1.165) is 37.4 Å². The van der Waals surface area contributed by atoms with E-state index in [-0.39, 0.29) is 5.91 Å². The molecule has 0 radical (unpaired) electrons. The van der Waals surface area contributed by atoms with Gasteiger partial charge in [-0.15, -0.1) is 0 Å². The van der Waals surface area contributed by atoms with Gasteiger partial charge in [0, 0.05) is 44.1 Å². The number of aromatic nitrogens is 2. The normalized spacial score (nSPS) is 17.1. The Morgan fingerprint density at radius 3 is 2.50 bits per heavy atom. The van der Waals surface area contributed by atoms with Crippen LogP contribution in [0.1, 0.15) is 23.3 Å². The molecule has 2 heterocycles. The van der Waals surface area contributed by atoms with Gasteiger partial charge < -0.3 is 19.9 Å². The van der Waals surface area contributed by atoms with Crippen LogP contribution in [0.15, 0.2) is 36.5 Å². The predicted octanol–water partition coefficient (Wildman–Crippen LogP) is 2.02. The Balaban J connectivity index is 1.36. The molecule has 1 aliphatic heterocycles. The van der Waals surface area contributed by atoms with Gasteiger partial charge in [-0.3, -0.25) is 4.79 Å². The maximum Gasteiger partial charge on any atom is 0.272 e. The van der Waals surface area contributed by atoms with Gasteiger partial charge in [-0.05, 0) is 43.2 Å². The molecule has 1 amide bonds. The second kappa shape index (κ2) is 7.19. The molecule has 1 aromatic carbocycles. The predicted molar refractivity (Wildman–Crippen MR) is 99.8 cm³/mol. The third kappa shape index (κ3) is 3.71. The third-order valence-electron chi connectivity index (χ3n) is 4.79. The van der Waals surface area contributed by atoms with E-state index in [1.165, 1.54) is 0 Å². The average Bonchev–Trinajstić information content (AvgIpc) is 3.52. The molecule has 2 aromatic rings. The summed E-state index contributed by atoms with van der Waals surface area (Å²) >= 11 is 0. The number of piperazine rings is 1. The van der Waals surface area contributed by atoms with Crippen molar-refractivity contribution < 1.29 is 9.53 Å². The minimum atomic E-state index is -0.0272. The van der Waals surface area contributed by atoms with E-state index in [4.69, 9.17) is 4.74 Å². The SMILES string of the molecule is COc1ccc(N2CCN(C(=O)c3ccnc(NC4CC4)n3)CC2)cc1. The number of carbonyl (C=O) groups is 1. The monoisotopic (exact) mass is 353 g/mol.